The van der Waals surface area contributed by atoms with E-state index in [1.165, 1.54) is 0 Å². The molecular weight excluding hydrogens is 226 g/mol. The van der Waals surface area contributed by atoms with E-state index in [2.05, 4.69) is 42.0 Å². The largest absolute Gasteiger partial charge is 0.396 e. The fraction of sp³-hybridized carbons (Fsp3) is 0.643. The molecule has 4 nitrogen and oxygen atoms in total. The lowest BCUT2D eigenvalue weighted by molar-refractivity contribution is 0.183. The Bertz CT molecular complexity index is 342. The van der Waals surface area contributed by atoms with Crippen LogP contribution in [0.25, 0.3) is 0 Å². The lowest BCUT2D eigenvalue weighted by atomic mass is 10.2. The van der Waals surface area contributed by atoms with Crippen LogP contribution < -0.4 is 5.32 Å². The predicted octanol–water partition coefficient (Wildman–Crippen LogP) is 2.11. The third-order valence-electron chi connectivity index (χ3n) is 2.86. The molecule has 1 aromatic heterocycles. The van der Waals surface area contributed by atoms with Gasteiger partial charge in [-0.2, -0.15) is 0 Å². The highest BCUT2D eigenvalue weighted by Gasteiger charge is 2.10. The molecule has 0 atom stereocenters. The highest BCUT2D eigenvalue weighted by molar-refractivity contribution is 5.34. The van der Waals surface area contributed by atoms with E-state index in [0.717, 1.165) is 37.6 Å². The van der Waals surface area contributed by atoms with Crippen LogP contribution in [0.5, 0.6) is 0 Å². The second-order valence-corrected chi connectivity index (χ2v) is 4.69. The van der Waals surface area contributed by atoms with Crippen LogP contribution in [-0.4, -0.2) is 40.7 Å². The summed E-state index contributed by atoms with van der Waals surface area (Å²) in [7, 11) is 0. The molecule has 0 fully saturated rings. The van der Waals surface area contributed by atoms with Crippen molar-refractivity contribution < 1.29 is 5.11 Å². The maximum absolute atomic E-state index is 8.92. The molecule has 0 saturated heterocycles. The number of anilines is 1. The van der Waals surface area contributed by atoms with Crippen LogP contribution in [0.4, 0.5) is 5.82 Å². The summed E-state index contributed by atoms with van der Waals surface area (Å²) in [4.78, 5) is 6.91. The van der Waals surface area contributed by atoms with Gasteiger partial charge >= 0.3 is 0 Å². The summed E-state index contributed by atoms with van der Waals surface area (Å²) in [5, 5.41) is 12.1. The molecular formula is C14H25N3O. The van der Waals surface area contributed by atoms with Gasteiger partial charge < -0.3 is 10.4 Å². The van der Waals surface area contributed by atoms with Crippen LogP contribution in [0.1, 0.15) is 32.9 Å². The van der Waals surface area contributed by atoms with E-state index in [9.17, 15) is 0 Å². The minimum atomic E-state index is 0.244. The molecule has 18 heavy (non-hydrogen) atoms. The molecule has 0 aliphatic heterocycles. The number of aliphatic hydroxyl groups is 1. The van der Waals surface area contributed by atoms with Crippen molar-refractivity contribution in [2.45, 2.75) is 39.8 Å². The van der Waals surface area contributed by atoms with Gasteiger partial charge in [0.05, 0.1) is 5.69 Å². The zero-order valence-corrected chi connectivity index (χ0v) is 11.7. The van der Waals surface area contributed by atoms with Crippen molar-refractivity contribution in [3.05, 3.63) is 23.9 Å². The molecule has 102 valence electrons. The summed E-state index contributed by atoms with van der Waals surface area (Å²) in [5.41, 5.74) is 1.07. The molecule has 0 aliphatic rings. The molecule has 1 rings (SSSR count). The number of aliphatic hydroxyl groups excluding tert-OH is 1. The zero-order valence-electron chi connectivity index (χ0n) is 11.7. The van der Waals surface area contributed by atoms with E-state index in [4.69, 9.17) is 5.11 Å². The zero-order chi connectivity index (χ0) is 13.4. The topological polar surface area (TPSA) is 48.4 Å². The summed E-state index contributed by atoms with van der Waals surface area (Å²) in [5.74, 6) is 0.931. The molecule has 0 saturated carbocycles. The smallest absolute Gasteiger partial charge is 0.126 e. The van der Waals surface area contributed by atoms with Crippen molar-refractivity contribution >= 4 is 5.82 Å². The van der Waals surface area contributed by atoms with Crippen LogP contribution in [-0.2, 0) is 6.54 Å². The van der Waals surface area contributed by atoms with E-state index in [0.29, 0.717) is 6.04 Å². The van der Waals surface area contributed by atoms with Gasteiger partial charge in [0.15, 0.2) is 0 Å². The molecule has 1 heterocycles. The quantitative estimate of drug-likeness (QED) is 0.743. The van der Waals surface area contributed by atoms with Gasteiger partial charge in [0.2, 0.25) is 0 Å². The third-order valence-corrected chi connectivity index (χ3v) is 2.86. The first-order chi connectivity index (χ1) is 8.67. The first-order valence-electron chi connectivity index (χ1n) is 6.72. The van der Waals surface area contributed by atoms with Gasteiger partial charge in [0.1, 0.15) is 5.82 Å². The van der Waals surface area contributed by atoms with Crippen LogP contribution >= 0.6 is 0 Å². The van der Waals surface area contributed by atoms with Gasteiger partial charge in [-0.1, -0.05) is 6.07 Å². The van der Waals surface area contributed by atoms with Gasteiger partial charge in [-0.05, 0) is 39.3 Å². The van der Waals surface area contributed by atoms with Crippen LogP contribution in [0.15, 0.2) is 18.2 Å². The molecule has 2 N–H and O–H groups in total. The van der Waals surface area contributed by atoms with E-state index in [-0.39, 0.29) is 6.61 Å². The van der Waals surface area contributed by atoms with E-state index < -0.39 is 0 Å². The first-order valence-corrected chi connectivity index (χ1v) is 6.72. The summed E-state index contributed by atoms with van der Waals surface area (Å²) < 4.78 is 0. The fourth-order valence-corrected chi connectivity index (χ4v) is 1.85. The Balaban J connectivity index is 2.64. The van der Waals surface area contributed by atoms with Gasteiger partial charge in [-0.15, -0.1) is 0 Å². The summed E-state index contributed by atoms with van der Waals surface area (Å²) in [6.45, 7) is 9.27. The molecule has 0 aromatic carbocycles. The van der Waals surface area contributed by atoms with Crippen LogP contribution in [0, 0.1) is 0 Å². The lowest BCUT2D eigenvalue weighted by Crippen LogP contribution is -2.32. The number of pyridine rings is 1. The van der Waals surface area contributed by atoms with E-state index in [1.54, 1.807) is 0 Å². The molecule has 0 amide bonds. The van der Waals surface area contributed by atoms with E-state index >= 15 is 0 Å². The standard InChI is InChI=1S/C14H25N3O/c1-4-15-14-8-5-7-13(16-14)11-17(12(2)3)9-6-10-18/h5,7-8,12,18H,4,6,9-11H2,1-3H3,(H,15,16). The van der Waals surface area contributed by atoms with Crippen molar-refractivity contribution in [3.63, 3.8) is 0 Å². The minimum absolute atomic E-state index is 0.244. The minimum Gasteiger partial charge on any atom is -0.396 e. The first kappa shape index (κ1) is 14.9. The van der Waals surface area contributed by atoms with Gasteiger partial charge in [0, 0.05) is 32.3 Å². The van der Waals surface area contributed by atoms with Gasteiger partial charge in [-0.3, -0.25) is 4.90 Å². The average molecular weight is 251 g/mol. The maximum atomic E-state index is 8.92. The summed E-state index contributed by atoms with van der Waals surface area (Å²) in [6, 6.07) is 6.53. The predicted molar refractivity (Wildman–Crippen MR) is 75.6 cm³/mol. The van der Waals surface area contributed by atoms with Crippen molar-refractivity contribution in [1.29, 1.82) is 0 Å². The summed E-state index contributed by atoms with van der Waals surface area (Å²) >= 11 is 0. The second kappa shape index (κ2) is 8.06. The highest BCUT2D eigenvalue weighted by atomic mass is 16.3. The molecule has 0 bridgehead atoms. The number of nitrogens with one attached hydrogen (secondary N) is 1. The number of hydrogen-bond acceptors (Lipinski definition) is 4. The van der Waals surface area contributed by atoms with Crippen LogP contribution in [0.3, 0.4) is 0 Å². The molecule has 0 radical (unpaired) electrons. The van der Waals surface area contributed by atoms with Gasteiger partial charge in [0.25, 0.3) is 0 Å². The van der Waals surface area contributed by atoms with Crippen molar-refractivity contribution in [3.8, 4) is 0 Å². The Morgan fingerprint density at radius 1 is 1.39 bits per heavy atom. The van der Waals surface area contributed by atoms with Gasteiger partial charge in [-0.25, -0.2) is 4.98 Å². The Kier molecular flexibility index (Phi) is 6.68. The highest BCUT2D eigenvalue weighted by Crippen LogP contribution is 2.10. The fourth-order valence-electron chi connectivity index (χ4n) is 1.85. The number of rotatable bonds is 8. The molecule has 0 unspecified atom stereocenters. The summed E-state index contributed by atoms with van der Waals surface area (Å²) in [6.07, 6.45) is 0.811. The van der Waals surface area contributed by atoms with Crippen LogP contribution in [0.2, 0.25) is 0 Å². The average Bonchev–Trinajstić information content (AvgIpc) is 2.35. The Morgan fingerprint density at radius 3 is 2.78 bits per heavy atom. The molecule has 0 aliphatic carbocycles. The monoisotopic (exact) mass is 251 g/mol. The Morgan fingerprint density at radius 2 is 2.17 bits per heavy atom. The molecule has 4 heteroatoms. The van der Waals surface area contributed by atoms with Crippen molar-refractivity contribution in [1.82, 2.24) is 9.88 Å². The molecule has 0 spiro atoms. The van der Waals surface area contributed by atoms with E-state index in [1.807, 2.05) is 12.1 Å². The second-order valence-electron chi connectivity index (χ2n) is 4.69. The Labute approximate surface area is 110 Å². The number of hydrogen-bond donors (Lipinski definition) is 2. The third kappa shape index (κ3) is 5.02. The number of aromatic nitrogens is 1. The Hall–Kier alpha value is -1.13. The normalized spacial score (nSPS) is 11.2. The van der Waals surface area contributed by atoms with Crippen molar-refractivity contribution in [2.24, 2.45) is 0 Å². The van der Waals surface area contributed by atoms with Crippen molar-refractivity contribution in [2.75, 3.05) is 25.0 Å². The lowest BCUT2D eigenvalue weighted by Gasteiger charge is -2.25. The maximum Gasteiger partial charge on any atom is 0.126 e. The molecule has 1 aromatic rings. The SMILES string of the molecule is CCNc1cccc(CN(CCCO)C(C)C)n1. The number of nitrogens with zero attached hydrogens (tertiary/aromatic N) is 2.